The molecule has 1 unspecified atom stereocenters. The van der Waals surface area contributed by atoms with Crippen LogP contribution in [0, 0.1) is 0 Å². The van der Waals surface area contributed by atoms with Crippen LogP contribution < -0.4 is 4.74 Å². The molecule has 0 aliphatic heterocycles. The van der Waals surface area contributed by atoms with E-state index in [0.29, 0.717) is 11.3 Å². The minimum Gasteiger partial charge on any atom is -0.424 e. The molecule has 0 heterocycles. The molecule has 0 aromatic heterocycles. The van der Waals surface area contributed by atoms with Crippen LogP contribution in [0.5, 0.6) is 5.75 Å². The molecule has 0 spiro atoms. The number of carbonyl (C=O) groups excluding carboxylic acids is 1. The molecule has 0 saturated carbocycles. The number of benzene rings is 2. The molecule has 0 bridgehead atoms. The van der Waals surface area contributed by atoms with Crippen molar-refractivity contribution in [2.75, 3.05) is 0 Å². The van der Waals surface area contributed by atoms with E-state index in [9.17, 15) is 9.90 Å². The van der Waals surface area contributed by atoms with Crippen LogP contribution in [0.25, 0.3) is 0 Å². The number of aliphatic hydroxyl groups is 1. The molecule has 2 aromatic rings. The molecule has 0 amide bonds. The Hall–Kier alpha value is -2.13. The van der Waals surface area contributed by atoms with Gasteiger partial charge in [-0.15, -0.1) is 0 Å². The Morgan fingerprint density at radius 3 is 2.06 bits per heavy atom. The average molecular weight is 228 g/mol. The van der Waals surface area contributed by atoms with Gasteiger partial charge in [0, 0.05) is 0 Å². The number of esters is 1. The van der Waals surface area contributed by atoms with Crippen LogP contribution in [0.4, 0.5) is 0 Å². The largest absolute Gasteiger partial charge is 0.424 e. The van der Waals surface area contributed by atoms with E-state index >= 15 is 0 Å². The molecule has 3 nitrogen and oxygen atoms in total. The third kappa shape index (κ3) is 2.92. The van der Waals surface area contributed by atoms with Gasteiger partial charge in [0.15, 0.2) is 6.10 Å². The molecule has 0 aliphatic rings. The maximum Gasteiger partial charge on any atom is 0.345 e. The molecule has 0 aliphatic carbocycles. The van der Waals surface area contributed by atoms with Crippen LogP contribution >= 0.6 is 0 Å². The van der Waals surface area contributed by atoms with Gasteiger partial charge in [0.05, 0.1) is 0 Å². The van der Waals surface area contributed by atoms with Crippen molar-refractivity contribution in [3.63, 3.8) is 0 Å². The zero-order chi connectivity index (χ0) is 12.1. The van der Waals surface area contributed by atoms with Gasteiger partial charge >= 0.3 is 5.97 Å². The lowest BCUT2D eigenvalue weighted by atomic mass is 10.1. The summed E-state index contributed by atoms with van der Waals surface area (Å²) >= 11 is 0. The van der Waals surface area contributed by atoms with E-state index in [4.69, 9.17) is 4.74 Å². The highest BCUT2D eigenvalue weighted by Crippen LogP contribution is 2.16. The summed E-state index contributed by atoms with van der Waals surface area (Å²) in [5, 5.41) is 9.78. The van der Waals surface area contributed by atoms with Crippen LogP contribution in [-0.2, 0) is 4.79 Å². The first kappa shape index (κ1) is 11.4. The standard InChI is InChI=1S/C14H12O3/c15-13(11-7-3-1-4-8-11)14(16)17-12-9-5-2-6-10-12/h1-10,13,15H. The van der Waals surface area contributed by atoms with Gasteiger partial charge < -0.3 is 9.84 Å². The number of aliphatic hydroxyl groups excluding tert-OH is 1. The first-order valence-corrected chi connectivity index (χ1v) is 5.27. The Labute approximate surface area is 99.3 Å². The summed E-state index contributed by atoms with van der Waals surface area (Å²) in [4.78, 5) is 11.6. The van der Waals surface area contributed by atoms with Crippen LogP contribution in [0.1, 0.15) is 11.7 Å². The molecule has 1 N–H and O–H groups in total. The molecule has 17 heavy (non-hydrogen) atoms. The third-order valence-electron chi connectivity index (χ3n) is 2.30. The summed E-state index contributed by atoms with van der Waals surface area (Å²) in [6.45, 7) is 0. The molecule has 0 saturated heterocycles. The highest BCUT2D eigenvalue weighted by Gasteiger charge is 2.19. The fraction of sp³-hybridized carbons (Fsp3) is 0.0714. The van der Waals surface area contributed by atoms with Gasteiger partial charge in [0.1, 0.15) is 5.75 Å². The molecule has 2 rings (SSSR count). The van der Waals surface area contributed by atoms with Crippen LogP contribution in [0.3, 0.4) is 0 Å². The van der Waals surface area contributed by atoms with Crippen molar-refractivity contribution in [3.05, 3.63) is 66.2 Å². The predicted octanol–water partition coefficient (Wildman–Crippen LogP) is 2.33. The second kappa shape index (κ2) is 5.27. The lowest BCUT2D eigenvalue weighted by Gasteiger charge is -2.10. The second-order valence-electron chi connectivity index (χ2n) is 3.55. The summed E-state index contributed by atoms with van der Waals surface area (Å²) in [5.41, 5.74) is 0.522. The lowest BCUT2D eigenvalue weighted by molar-refractivity contribution is -0.144. The third-order valence-corrected chi connectivity index (χ3v) is 2.30. The van der Waals surface area contributed by atoms with E-state index < -0.39 is 12.1 Å². The van der Waals surface area contributed by atoms with Gasteiger partial charge in [0.2, 0.25) is 0 Å². The van der Waals surface area contributed by atoms with E-state index in [1.807, 2.05) is 12.1 Å². The average Bonchev–Trinajstić information content (AvgIpc) is 2.40. The van der Waals surface area contributed by atoms with Crippen LogP contribution in [0.15, 0.2) is 60.7 Å². The van der Waals surface area contributed by atoms with Crippen molar-refractivity contribution in [1.29, 1.82) is 0 Å². The molecular weight excluding hydrogens is 216 g/mol. The fourth-order valence-electron chi connectivity index (χ4n) is 1.43. The van der Waals surface area contributed by atoms with Crippen LogP contribution in [-0.4, -0.2) is 11.1 Å². The van der Waals surface area contributed by atoms with Gasteiger partial charge in [0.25, 0.3) is 0 Å². The molecule has 0 radical (unpaired) electrons. The lowest BCUT2D eigenvalue weighted by Crippen LogP contribution is -2.18. The smallest absolute Gasteiger partial charge is 0.345 e. The highest BCUT2D eigenvalue weighted by molar-refractivity contribution is 5.78. The normalized spacial score (nSPS) is 11.8. The number of para-hydroxylation sites is 1. The Morgan fingerprint density at radius 2 is 1.47 bits per heavy atom. The van der Waals surface area contributed by atoms with Gasteiger partial charge in [-0.05, 0) is 17.7 Å². The fourth-order valence-corrected chi connectivity index (χ4v) is 1.43. The summed E-state index contributed by atoms with van der Waals surface area (Å²) in [6.07, 6.45) is -1.25. The molecular formula is C14H12O3. The molecule has 1 atom stereocenters. The number of rotatable bonds is 3. The van der Waals surface area contributed by atoms with Crippen LogP contribution in [0.2, 0.25) is 0 Å². The van der Waals surface area contributed by atoms with E-state index in [2.05, 4.69) is 0 Å². The topological polar surface area (TPSA) is 46.5 Å². The molecule has 3 heteroatoms. The quantitative estimate of drug-likeness (QED) is 0.647. The molecule has 0 fully saturated rings. The Bertz CT molecular complexity index is 479. The maximum absolute atomic E-state index is 11.6. The highest BCUT2D eigenvalue weighted by atomic mass is 16.5. The van der Waals surface area contributed by atoms with Gasteiger partial charge in [-0.2, -0.15) is 0 Å². The minimum absolute atomic E-state index is 0.424. The Morgan fingerprint density at radius 1 is 0.941 bits per heavy atom. The predicted molar refractivity (Wildman–Crippen MR) is 63.5 cm³/mol. The zero-order valence-corrected chi connectivity index (χ0v) is 9.11. The van der Waals surface area contributed by atoms with Gasteiger partial charge in [-0.3, -0.25) is 0 Å². The van der Waals surface area contributed by atoms with E-state index in [1.54, 1.807) is 48.5 Å². The number of ether oxygens (including phenoxy) is 1. The zero-order valence-electron chi connectivity index (χ0n) is 9.11. The summed E-state index contributed by atoms with van der Waals surface area (Å²) < 4.78 is 5.04. The number of hydrogen-bond donors (Lipinski definition) is 1. The van der Waals surface area contributed by atoms with Gasteiger partial charge in [-0.1, -0.05) is 48.5 Å². The van der Waals surface area contributed by atoms with E-state index in [1.165, 1.54) is 0 Å². The SMILES string of the molecule is O=C(Oc1ccccc1)C(O)c1ccccc1. The first-order valence-electron chi connectivity index (χ1n) is 5.27. The Balaban J connectivity index is 2.06. The van der Waals surface area contributed by atoms with E-state index in [-0.39, 0.29) is 0 Å². The monoisotopic (exact) mass is 228 g/mol. The Kier molecular flexibility index (Phi) is 3.52. The second-order valence-corrected chi connectivity index (χ2v) is 3.55. The summed E-state index contributed by atoms with van der Waals surface area (Å²) in [7, 11) is 0. The number of hydrogen-bond acceptors (Lipinski definition) is 3. The van der Waals surface area contributed by atoms with Crippen molar-refractivity contribution in [3.8, 4) is 5.75 Å². The summed E-state index contributed by atoms with van der Waals surface area (Å²) in [6, 6.07) is 17.4. The minimum atomic E-state index is -1.25. The first-order chi connectivity index (χ1) is 8.27. The van der Waals surface area contributed by atoms with E-state index in [0.717, 1.165) is 0 Å². The van der Waals surface area contributed by atoms with Crippen molar-refractivity contribution in [1.82, 2.24) is 0 Å². The maximum atomic E-state index is 11.6. The van der Waals surface area contributed by atoms with Crippen molar-refractivity contribution < 1.29 is 14.6 Å². The van der Waals surface area contributed by atoms with Crippen molar-refractivity contribution in [2.45, 2.75) is 6.10 Å². The molecule has 86 valence electrons. The van der Waals surface area contributed by atoms with Crippen molar-refractivity contribution in [2.24, 2.45) is 0 Å². The number of carbonyl (C=O) groups is 1. The summed E-state index contributed by atoms with van der Waals surface area (Å²) in [5.74, 6) is -0.255. The van der Waals surface area contributed by atoms with Gasteiger partial charge in [-0.25, -0.2) is 4.79 Å². The van der Waals surface area contributed by atoms with Crippen molar-refractivity contribution >= 4 is 5.97 Å². The molecule has 2 aromatic carbocycles.